The maximum Gasteiger partial charge on any atom is 0.352 e. The van der Waals surface area contributed by atoms with Gasteiger partial charge in [-0.15, -0.1) is 23.2 Å². The first-order valence-electron chi connectivity index (χ1n) is 20.9. The second-order valence-electron chi connectivity index (χ2n) is 15.6. The van der Waals surface area contributed by atoms with E-state index < -0.39 is 12.0 Å². The maximum absolute atomic E-state index is 13.6. The number of carboxylic acids is 1. The SMILES string of the molecule is CC(C)C[C@@H](C#N)NC(=O)[C@@H]1CCCC[C@@H]1NC(=O)c1cc2ccccc2n1CCCN1CCCCC1.ClCCCBr.O=C(O)c1cc2ccccc2n1CCCCl. The van der Waals surface area contributed by atoms with Crippen LogP contribution in [0.2, 0.25) is 0 Å². The Hall–Kier alpha value is -3.56. The number of halogens is 3. The average Bonchev–Trinajstić information content (AvgIpc) is 3.80. The van der Waals surface area contributed by atoms with Gasteiger partial charge in [0, 0.05) is 58.0 Å². The number of carbonyl (C=O) groups is 3. The third-order valence-corrected chi connectivity index (χ3v) is 11.9. The summed E-state index contributed by atoms with van der Waals surface area (Å²) in [6, 6.07) is 21.0. The minimum Gasteiger partial charge on any atom is -0.477 e. The molecule has 0 unspecified atom stereocenters. The van der Waals surface area contributed by atoms with Crippen LogP contribution in [0.4, 0.5) is 0 Å². The highest BCUT2D eigenvalue weighted by Crippen LogP contribution is 2.27. The fourth-order valence-electron chi connectivity index (χ4n) is 7.93. The normalized spacial score (nSPS) is 17.4. The Bertz CT molecular complexity index is 1930. The number of nitrogens with zero attached hydrogens (tertiary/aromatic N) is 4. The number of likely N-dealkylation sites (tertiary alicyclic amines) is 1. The van der Waals surface area contributed by atoms with Gasteiger partial charge >= 0.3 is 5.97 Å². The minimum atomic E-state index is -0.897. The number of para-hydroxylation sites is 2. The first kappa shape index (κ1) is 47.1. The van der Waals surface area contributed by atoms with Crippen molar-refractivity contribution in [1.82, 2.24) is 24.7 Å². The van der Waals surface area contributed by atoms with E-state index in [9.17, 15) is 19.6 Å². The lowest BCUT2D eigenvalue weighted by Gasteiger charge is -2.32. The summed E-state index contributed by atoms with van der Waals surface area (Å²) in [4.78, 5) is 40.4. The molecule has 316 valence electrons. The van der Waals surface area contributed by atoms with E-state index in [1.165, 1.54) is 32.4 Å². The summed E-state index contributed by atoms with van der Waals surface area (Å²) in [6.07, 6.45) is 10.8. The van der Waals surface area contributed by atoms with Crippen molar-refractivity contribution in [2.75, 3.05) is 36.7 Å². The molecule has 0 spiro atoms. The lowest BCUT2D eigenvalue weighted by Crippen LogP contribution is -2.50. The van der Waals surface area contributed by atoms with Crippen LogP contribution in [0.15, 0.2) is 60.7 Å². The number of alkyl halides is 3. The number of aromatic carboxylic acids is 1. The van der Waals surface area contributed by atoms with Gasteiger partial charge in [-0.2, -0.15) is 5.26 Å². The Morgan fingerprint density at radius 2 is 1.41 bits per heavy atom. The van der Waals surface area contributed by atoms with Gasteiger partial charge in [0.2, 0.25) is 5.91 Å². The van der Waals surface area contributed by atoms with Crippen molar-refractivity contribution in [2.45, 2.75) is 110 Å². The molecule has 0 bridgehead atoms. The third-order valence-electron chi connectivity index (χ3n) is 10.8. The van der Waals surface area contributed by atoms with Crippen LogP contribution in [0.1, 0.15) is 105 Å². The number of aromatic nitrogens is 2. The number of nitrogens with one attached hydrogen (secondary N) is 2. The number of nitriles is 1. The largest absolute Gasteiger partial charge is 0.477 e. The van der Waals surface area contributed by atoms with Crippen molar-refractivity contribution in [1.29, 1.82) is 5.26 Å². The Morgan fingerprint density at radius 1 is 0.828 bits per heavy atom. The van der Waals surface area contributed by atoms with Gasteiger partial charge in [0.25, 0.3) is 5.91 Å². The lowest BCUT2D eigenvalue weighted by atomic mass is 9.83. The summed E-state index contributed by atoms with van der Waals surface area (Å²) in [5.41, 5.74) is 3.02. The summed E-state index contributed by atoms with van der Waals surface area (Å²) < 4.78 is 3.96. The monoisotopic (exact) mass is 898 g/mol. The van der Waals surface area contributed by atoms with Crippen molar-refractivity contribution < 1.29 is 19.5 Å². The molecular formula is C45H61BrCl2N6O4. The average molecular weight is 901 g/mol. The number of fused-ring (bicyclic) bond motifs is 2. The van der Waals surface area contributed by atoms with Gasteiger partial charge in [-0.05, 0) is 101 Å². The van der Waals surface area contributed by atoms with Crippen molar-refractivity contribution in [3.05, 3.63) is 72.1 Å². The predicted octanol–water partition coefficient (Wildman–Crippen LogP) is 9.84. The van der Waals surface area contributed by atoms with Crippen LogP contribution in [0.25, 0.3) is 21.8 Å². The zero-order valence-electron chi connectivity index (χ0n) is 34.1. The van der Waals surface area contributed by atoms with E-state index in [-0.39, 0.29) is 23.8 Å². The molecule has 1 aliphatic carbocycles. The third kappa shape index (κ3) is 14.0. The number of aryl methyl sites for hydroxylation is 2. The molecule has 1 aliphatic heterocycles. The number of rotatable bonds is 16. The Labute approximate surface area is 362 Å². The molecule has 2 aliphatic rings. The second-order valence-corrected chi connectivity index (χ2v) is 17.2. The quantitative estimate of drug-likeness (QED) is 0.0960. The fraction of sp³-hybridized carbons (Fsp3) is 0.556. The van der Waals surface area contributed by atoms with Gasteiger partial charge in [-0.1, -0.05) is 85.4 Å². The molecule has 3 atom stereocenters. The molecule has 6 rings (SSSR count). The van der Waals surface area contributed by atoms with Crippen molar-refractivity contribution in [3.63, 3.8) is 0 Å². The predicted molar refractivity (Wildman–Crippen MR) is 240 cm³/mol. The van der Waals surface area contributed by atoms with Crippen LogP contribution in [-0.2, 0) is 17.9 Å². The number of carbonyl (C=O) groups excluding carboxylic acids is 2. The van der Waals surface area contributed by atoms with Crippen LogP contribution >= 0.6 is 39.1 Å². The molecule has 3 N–H and O–H groups in total. The summed E-state index contributed by atoms with van der Waals surface area (Å²) in [7, 11) is 0. The van der Waals surface area contributed by atoms with E-state index in [4.69, 9.17) is 28.3 Å². The summed E-state index contributed by atoms with van der Waals surface area (Å²) in [5, 5.41) is 27.8. The van der Waals surface area contributed by atoms with E-state index in [0.29, 0.717) is 36.2 Å². The van der Waals surface area contributed by atoms with E-state index in [0.717, 1.165) is 91.1 Å². The molecule has 10 nitrogen and oxygen atoms in total. The molecule has 1 saturated carbocycles. The van der Waals surface area contributed by atoms with E-state index >= 15 is 0 Å². The van der Waals surface area contributed by atoms with E-state index in [2.05, 4.69) is 54.2 Å². The lowest BCUT2D eigenvalue weighted by molar-refractivity contribution is -0.127. The first-order valence-corrected chi connectivity index (χ1v) is 23.1. The molecule has 2 aromatic heterocycles. The molecule has 2 fully saturated rings. The van der Waals surface area contributed by atoms with Crippen molar-refractivity contribution in [2.24, 2.45) is 11.8 Å². The number of carboxylic acid groups (broad SMARTS) is 1. The summed E-state index contributed by atoms with van der Waals surface area (Å²) in [5.74, 6) is 0.195. The number of piperidine rings is 1. The van der Waals surface area contributed by atoms with Crippen molar-refractivity contribution in [3.8, 4) is 6.07 Å². The molecule has 0 radical (unpaired) electrons. The fourth-order valence-corrected chi connectivity index (χ4v) is 8.78. The zero-order valence-corrected chi connectivity index (χ0v) is 37.2. The van der Waals surface area contributed by atoms with Crippen LogP contribution < -0.4 is 10.6 Å². The van der Waals surface area contributed by atoms with Crippen LogP contribution in [0.5, 0.6) is 0 Å². The summed E-state index contributed by atoms with van der Waals surface area (Å²) >= 11 is 14.1. The maximum atomic E-state index is 13.6. The smallest absolute Gasteiger partial charge is 0.352 e. The molecule has 2 aromatic carbocycles. The molecule has 58 heavy (non-hydrogen) atoms. The highest BCUT2D eigenvalue weighted by molar-refractivity contribution is 9.09. The number of benzene rings is 2. The number of hydrogen-bond donors (Lipinski definition) is 3. The van der Waals surface area contributed by atoms with E-state index in [1.807, 2.05) is 56.3 Å². The topological polar surface area (TPSA) is 132 Å². The second kappa shape index (κ2) is 25.2. The number of hydrogen-bond acceptors (Lipinski definition) is 5. The highest BCUT2D eigenvalue weighted by atomic mass is 79.9. The van der Waals surface area contributed by atoms with Gasteiger partial charge in [0.05, 0.1) is 12.0 Å². The minimum absolute atomic E-state index is 0.112. The Balaban J connectivity index is 0.000000291. The Morgan fingerprint density at radius 3 is 1.98 bits per heavy atom. The van der Waals surface area contributed by atoms with Gasteiger partial charge in [-0.3, -0.25) is 9.59 Å². The van der Waals surface area contributed by atoms with Gasteiger partial charge in [-0.25, -0.2) is 4.79 Å². The molecule has 4 aromatic rings. The van der Waals surface area contributed by atoms with Gasteiger partial charge in [0.15, 0.2) is 0 Å². The first-order chi connectivity index (χ1) is 28.1. The molecule has 3 heterocycles. The molecule has 1 saturated heterocycles. The summed E-state index contributed by atoms with van der Waals surface area (Å²) in [6.45, 7) is 8.93. The zero-order chi connectivity index (χ0) is 41.9. The van der Waals surface area contributed by atoms with Crippen LogP contribution in [0.3, 0.4) is 0 Å². The molecule has 2 amide bonds. The van der Waals surface area contributed by atoms with Gasteiger partial charge < -0.3 is 29.8 Å². The highest BCUT2D eigenvalue weighted by Gasteiger charge is 2.34. The van der Waals surface area contributed by atoms with E-state index in [1.54, 1.807) is 10.6 Å². The van der Waals surface area contributed by atoms with Crippen LogP contribution in [0, 0.1) is 23.2 Å². The van der Waals surface area contributed by atoms with Crippen molar-refractivity contribution >= 4 is 78.7 Å². The van der Waals surface area contributed by atoms with Crippen LogP contribution in [-0.4, -0.2) is 85.7 Å². The Kier molecular flexibility index (Phi) is 20.4. The number of amides is 2. The van der Waals surface area contributed by atoms with Gasteiger partial charge in [0.1, 0.15) is 17.4 Å². The standard InChI is InChI=1S/C30H43N5O2.C12H12ClNO2.C3H6BrCl/c1-22(2)19-24(21-31)32-29(36)25-12-5-6-13-26(25)33-30(37)28-20-23-11-4-7-14-27(23)35(28)18-10-17-34-15-8-3-9-16-34;13-6-3-7-14-10-5-2-1-4-9(10)8-11(14)12(15)16;4-2-1-3-5/h4,7,11,14,20,22,24-26H,3,5-6,8-10,12-13,15-19H2,1-2H3,(H,32,36)(H,33,37);1-2,4-5,8H,3,6-7H2,(H,15,16);1-3H2/t24-,25+,26-;;/m0../s1. The molecule has 13 heteroatoms. The molecular weight excluding hydrogens is 839 g/mol.